The van der Waals surface area contributed by atoms with Gasteiger partial charge in [-0.3, -0.25) is 25.0 Å². The SMILES string of the molecule is CCC(C)C(C(=O)N[C@@H](Cc1ccccc1)[C@@H](O)CN(Cc1ccc(-c2ccccn2)cc1)NC(=O)[C@@H](N1CCNC1=O)C(C)(C)C)N1CCN(Cc2ccnc3ccccc23)C1=O. The van der Waals surface area contributed by atoms with E-state index in [9.17, 15) is 24.3 Å². The predicted octanol–water partition coefficient (Wildman–Crippen LogP) is 6.01. The van der Waals surface area contributed by atoms with Gasteiger partial charge in [-0.15, -0.1) is 0 Å². The van der Waals surface area contributed by atoms with Crippen molar-refractivity contribution in [1.82, 2.24) is 45.7 Å². The molecule has 2 saturated heterocycles. The number of nitrogens with zero attached hydrogens (tertiary/aromatic N) is 6. The summed E-state index contributed by atoms with van der Waals surface area (Å²) in [5.41, 5.74) is 7.81. The molecule has 2 aliphatic rings. The van der Waals surface area contributed by atoms with Gasteiger partial charge in [-0.2, -0.15) is 0 Å². The lowest BCUT2D eigenvalue weighted by molar-refractivity contribution is -0.135. The second-order valence-electron chi connectivity index (χ2n) is 18.0. The number of hydrazine groups is 1. The first-order valence-corrected chi connectivity index (χ1v) is 22.3. The molecule has 6 amide bonds. The summed E-state index contributed by atoms with van der Waals surface area (Å²) in [5.74, 6) is -0.936. The van der Waals surface area contributed by atoms with Gasteiger partial charge in [0.1, 0.15) is 12.1 Å². The van der Waals surface area contributed by atoms with Crippen LogP contribution in [-0.4, -0.2) is 116 Å². The summed E-state index contributed by atoms with van der Waals surface area (Å²) in [6.07, 6.45) is 3.24. The number of aliphatic hydroxyl groups is 1. The number of fused-ring (bicyclic) bond motifs is 1. The summed E-state index contributed by atoms with van der Waals surface area (Å²) < 4.78 is 0. The third kappa shape index (κ3) is 10.9. The highest BCUT2D eigenvalue weighted by atomic mass is 16.3. The van der Waals surface area contributed by atoms with Gasteiger partial charge in [0.25, 0.3) is 5.91 Å². The third-order valence-electron chi connectivity index (χ3n) is 12.3. The molecular formula is C50H61N9O5. The minimum absolute atomic E-state index is 0.0706. The van der Waals surface area contributed by atoms with Gasteiger partial charge < -0.3 is 30.4 Å². The maximum absolute atomic E-state index is 14.7. The van der Waals surface area contributed by atoms with Crippen LogP contribution in [0.5, 0.6) is 0 Å². The molecule has 64 heavy (non-hydrogen) atoms. The van der Waals surface area contributed by atoms with Gasteiger partial charge in [0, 0.05) is 69.2 Å². The molecule has 2 aliphatic heterocycles. The summed E-state index contributed by atoms with van der Waals surface area (Å²) in [4.78, 5) is 70.2. The zero-order chi connectivity index (χ0) is 45.4. The Morgan fingerprint density at radius 1 is 0.828 bits per heavy atom. The highest BCUT2D eigenvalue weighted by Gasteiger charge is 2.43. The van der Waals surface area contributed by atoms with Gasteiger partial charge >= 0.3 is 12.1 Å². The number of nitrogens with one attached hydrogen (secondary N) is 3. The van der Waals surface area contributed by atoms with E-state index in [0.29, 0.717) is 39.1 Å². The second kappa shape index (κ2) is 20.4. The summed E-state index contributed by atoms with van der Waals surface area (Å²) in [5, 5.41) is 21.0. The monoisotopic (exact) mass is 867 g/mol. The topological polar surface area (TPSA) is 163 Å². The Bertz CT molecular complexity index is 2370. The Balaban J connectivity index is 1.14. The molecule has 7 rings (SSSR count). The summed E-state index contributed by atoms with van der Waals surface area (Å²) in [6.45, 7) is 11.9. The Labute approximate surface area is 376 Å². The molecule has 0 saturated carbocycles. The molecule has 14 heteroatoms. The number of rotatable bonds is 18. The van der Waals surface area contributed by atoms with Crippen molar-refractivity contribution in [3.05, 3.63) is 132 Å². The van der Waals surface area contributed by atoms with Crippen molar-refractivity contribution in [1.29, 1.82) is 0 Å². The average Bonchev–Trinajstić information content (AvgIpc) is 3.87. The number of hydrogen-bond donors (Lipinski definition) is 4. The Hall–Kier alpha value is -6.38. The molecule has 2 aromatic heterocycles. The molecule has 5 aromatic rings. The number of carbonyl (C=O) groups is 4. The number of aliphatic hydroxyl groups excluding tert-OH is 1. The molecule has 0 bridgehead atoms. The normalized spacial score (nSPS) is 16.7. The number of urea groups is 2. The third-order valence-corrected chi connectivity index (χ3v) is 12.3. The highest BCUT2D eigenvalue weighted by molar-refractivity contribution is 5.90. The molecule has 2 fully saturated rings. The van der Waals surface area contributed by atoms with E-state index in [1.54, 1.807) is 32.1 Å². The molecule has 0 aliphatic carbocycles. The molecule has 0 spiro atoms. The molecular weight excluding hydrogens is 807 g/mol. The van der Waals surface area contributed by atoms with Gasteiger partial charge in [0.15, 0.2) is 0 Å². The van der Waals surface area contributed by atoms with Gasteiger partial charge in [-0.25, -0.2) is 14.6 Å². The van der Waals surface area contributed by atoms with Crippen molar-refractivity contribution in [3.8, 4) is 11.3 Å². The lowest BCUT2D eigenvalue weighted by Gasteiger charge is -2.38. The van der Waals surface area contributed by atoms with E-state index in [-0.39, 0.29) is 49.3 Å². The number of amides is 6. The van der Waals surface area contributed by atoms with Crippen LogP contribution >= 0.6 is 0 Å². The van der Waals surface area contributed by atoms with Crippen LogP contribution in [0.15, 0.2) is 116 Å². The van der Waals surface area contributed by atoms with Crippen LogP contribution in [0.2, 0.25) is 0 Å². The van der Waals surface area contributed by atoms with Crippen molar-refractivity contribution in [2.75, 3.05) is 32.7 Å². The lowest BCUT2D eigenvalue weighted by Crippen LogP contribution is -2.60. The Kier molecular flexibility index (Phi) is 14.6. The lowest BCUT2D eigenvalue weighted by atomic mass is 9.85. The van der Waals surface area contributed by atoms with E-state index in [1.807, 2.05) is 138 Å². The number of carbonyl (C=O) groups excluding carboxylic acids is 4. The first-order valence-electron chi connectivity index (χ1n) is 22.3. The summed E-state index contributed by atoms with van der Waals surface area (Å²) in [7, 11) is 0. The smallest absolute Gasteiger partial charge is 0.321 e. The maximum Gasteiger partial charge on any atom is 0.321 e. The highest BCUT2D eigenvalue weighted by Crippen LogP contribution is 2.28. The standard InChI is InChI=1S/C50H61N9O5/c1-6-34(2)44(58-29-28-56(49(58)64)32-38-23-25-52-41-18-11-10-16-39(38)41)46(61)54-42(30-35-14-8-7-9-15-35)43(60)33-57(31-36-19-21-37(22-20-36)40-17-12-13-24-51-40)55-47(62)45(50(3,4)5)59-27-26-53-48(59)63/h7-25,34,42-45,60H,6,26-33H2,1-5H3,(H,53,63)(H,54,61)(H,55,62)/t34?,42-,43-,44?,45+/m0/s1. The van der Waals surface area contributed by atoms with E-state index < -0.39 is 29.6 Å². The molecule has 4 N–H and O–H groups in total. The van der Waals surface area contributed by atoms with E-state index >= 15 is 0 Å². The number of benzene rings is 3. The van der Waals surface area contributed by atoms with Crippen molar-refractivity contribution in [3.63, 3.8) is 0 Å². The minimum Gasteiger partial charge on any atom is -0.390 e. The molecule has 0 radical (unpaired) electrons. The van der Waals surface area contributed by atoms with Gasteiger partial charge in [0.2, 0.25) is 5.91 Å². The van der Waals surface area contributed by atoms with Crippen molar-refractivity contribution in [2.24, 2.45) is 11.3 Å². The second-order valence-corrected chi connectivity index (χ2v) is 18.0. The molecule has 2 unspecified atom stereocenters. The Morgan fingerprint density at radius 2 is 1.56 bits per heavy atom. The predicted molar refractivity (Wildman–Crippen MR) is 247 cm³/mol. The first kappa shape index (κ1) is 45.6. The fourth-order valence-corrected chi connectivity index (χ4v) is 8.84. The number of hydrogen-bond acceptors (Lipinski definition) is 8. The van der Waals surface area contributed by atoms with Gasteiger partial charge in [-0.1, -0.05) is 120 Å². The van der Waals surface area contributed by atoms with Crippen LogP contribution in [-0.2, 0) is 29.1 Å². The molecule has 4 heterocycles. The van der Waals surface area contributed by atoms with Gasteiger partial charge in [0.05, 0.1) is 23.4 Å². The van der Waals surface area contributed by atoms with Crippen LogP contribution in [0.1, 0.15) is 57.7 Å². The van der Waals surface area contributed by atoms with Crippen LogP contribution in [0, 0.1) is 11.3 Å². The molecule has 14 nitrogen and oxygen atoms in total. The van der Waals surface area contributed by atoms with Crippen LogP contribution < -0.4 is 16.1 Å². The van der Waals surface area contributed by atoms with Crippen LogP contribution in [0.4, 0.5) is 9.59 Å². The quantitative estimate of drug-likeness (QED) is 0.0779. The zero-order valence-electron chi connectivity index (χ0n) is 37.5. The van der Waals surface area contributed by atoms with Crippen molar-refractivity contribution >= 4 is 34.8 Å². The fourth-order valence-electron chi connectivity index (χ4n) is 8.84. The zero-order valence-corrected chi connectivity index (χ0v) is 37.5. The number of aromatic nitrogens is 2. The maximum atomic E-state index is 14.7. The van der Waals surface area contributed by atoms with Gasteiger partial charge in [-0.05, 0) is 58.7 Å². The molecule has 336 valence electrons. The van der Waals surface area contributed by atoms with Crippen LogP contribution in [0.25, 0.3) is 22.2 Å². The van der Waals surface area contributed by atoms with Crippen molar-refractivity contribution < 1.29 is 24.3 Å². The van der Waals surface area contributed by atoms with E-state index in [4.69, 9.17) is 0 Å². The van der Waals surface area contributed by atoms with Crippen molar-refractivity contribution in [2.45, 2.75) is 84.8 Å². The molecule has 5 atom stereocenters. The minimum atomic E-state index is -1.19. The fraction of sp³-hybridized carbons (Fsp3) is 0.400. The molecule has 3 aromatic carbocycles. The van der Waals surface area contributed by atoms with E-state index in [0.717, 1.165) is 38.9 Å². The van der Waals surface area contributed by atoms with E-state index in [1.165, 1.54) is 0 Å². The summed E-state index contributed by atoms with van der Waals surface area (Å²) in [6, 6.07) is 30.0. The first-order chi connectivity index (χ1) is 30.8. The largest absolute Gasteiger partial charge is 0.390 e. The van der Waals surface area contributed by atoms with E-state index in [2.05, 4.69) is 26.0 Å². The average molecular weight is 868 g/mol. The Morgan fingerprint density at radius 3 is 2.25 bits per heavy atom. The summed E-state index contributed by atoms with van der Waals surface area (Å²) >= 11 is 0. The van der Waals surface area contributed by atoms with Crippen LogP contribution in [0.3, 0.4) is 0 Å². The number of pyridine rings is 2. The number of para-hydroxylation sites is 1.